The van der Waals surface area contributed by atoms with Crippen molar-refractivity contribution >= 4 is 40.1 Å². The minimum Gasteiger partial charge on any atom is -0.451 e. The fourth-order valence-corrected chi connectivity index (χ4v) is 4.11. The van der Waals surface area contributed by atoms with Crippen LogP contribution in [-0.2, 0) is 12.7 Å². The van der Waals surface area contributed by atoms with Gasteiger partial charge in [-0.3, -0.25) is 9.59 Å². The number of alkyl halides is 3. The molecule has 0 N–H and O–H groups in total. The second-order valence-corrected chi connectivity index (χ2v) is 8.80. The van der Waals surface area contributed by atoms with E-state index in [4.69, 9.17) is 27.9 Å². The molecular formula is C24H19Cl2F3N4O3. The number of ether oxygens (including phenoxy) is 1. The van der Waals surface area contributed by atoms with Crippen molar-refractivity contribution in [1.82, 2.24) is 19.3 Å². The summed E-state index contributed by atoms with van der Waals surface area (Å²) in [4.78, 5) is 30.1. The first-order valence-electron chi connectivity index (χ1n) is 10.9. The molecular weight excluding hydrogens is 520 g/mol. The molecule has 3 heterocycles. The van der Waals surface area contributed by atoms with Crippen LogP contribution in [0.15, 0.2) is 53.6 Å². The zero-order chi connectivity index (χ0) is 26.0. The molecule has 3 aromatic heterocycles. The summed E-state index contributed by atoms with van der Waals surface area (Å²) >= 11 is 11.9. The molecule has 0 unspecified atom stereocenters. The van der Waals surface area contributed by atoms with Crippen LogP contribution in [0.5, 0.6) is 11.5 Å². The van der Waals surface area contributed by atoms with Crippen molar-refractivity contribution in [3.63, 3.8) is 0 Å². The third-order valence-electron chi connectivity index (χ3n) is 5.30. The van der Waals surface area contributed by atoms with Crippen molar-refractivity contribution in [3.05, 3.63) is 80.4 Å². The van der Waals surface area contributed by atoms with Gasteiger partial charge in [0.15, 0.2) is 5.65 Å². The lowest BCUT2D eigenvalue weighted by atomic mass is 10.2. The lowest BCUT2D eigenvalue weighted by Gasteiger charge is -2.15. The molecule has 188 valence electrons. The SMILES string of the molecule is CCCCC(=O)n1nc(Cn2ccc(C(F)(F)F)c(Oc3cc(Cl)cc(Cl)c3)c2=O)c2cccnc21. The van der Waals surface area contributed by atoms with Gasteiger partial charge in [-0.2, -0.15) is 23.0 Å². The number of unbranched alkanes of at least 4 members (excludes halogenated alkanes) is 1. The Bertz CT molecular complexity index is 1480. The predicted molar refractivity (Wildman–Crippen MR) is 129 cm³/mol. The lowest BCUT2D eigenvalue weighted by molar-refractivity contribution is -0.138. The second-order valence-electron chi connectivity index (χ2n) is 7.93. The number of pyridine rings is 2. The van der Waals surface area contributed by atoms with Crippen molar-refractivity contribution in [2.45, 2.75) is 38.9 Å². The maximum absolute atomic E-state index is 13.7. The largest absolute Gasteiger partial charge is 0.451 e. The first-order chi connectivity index (χ1) is 17.1. The summed E-state index contributed by atoms with van der Waals surface area (Å²) in [6.45, 7) is 1.73. The Hall–Kier alpha value is -3.37. The van der Waals surface area contributed by atoms with Crippen LogP contribution in [0.3, 0.4) is 0 Å². The molecule has 0 aliphatic carbocycles. The molecule has 0 radical (unpaired) electrons. The molecule has 0 spiro atoms. The van der Waals surface area contributed by atoms with E-state index in [1.165, 1.54) is 29.1 Å². The molecule has 0 aliphatic heterocycles. The zero-order valence-electron chi connectivity index (χ0n) is 18.9. The molecule has 12 heteroatoms. The van der Waals surface area contributed by atoms with Gasteiger partial charge in [0, 0.05) is 34.2 Å². The van der Waals surface area contributed by atoms with E-state index in [0.29, 0.717) is 23.1 Å². The maximum atomic E-state index is 13.7. The first-order valence-corrected chi connectivity index (χ1v) is 11.6. The second kappa shape index (κ2) is 10.3. The molecule has 4 aromatic rings. The van der Waals surface area contributed by atoms with Crippen molar-refractivity contribution in [2.75, 3.05) is 0 Å². The Balaban J connectivity index is 1.78. The lowest BCUT2D eigenvalue weighted by Crippen LogP contribution is -2.25. The highest BCUT2D eigenvalue weighted by Gasteiger charge is 2.36. The third kappa shape index (κ3) is 5.39. The van der Waals surface area contributed by atoms with E-state index in [0.717, 1.165) is 23.3 Å². The number of hydrogen-bond donors (Lipinski definition) is 0. The molecule has 1 aromatic carbocycles. The van der Waals surface area contributed by atoms with Gasteiger partial charge in [0.05, 0.1) is 12.2 Å². The highest BCUT2D eigenvalue weighted by molar-refractivity contribution is 6.34. The van der Waals surface area contributed by atoms with E-state index in [1.807, 2.05) is 6.92 Å². The molecule has 0 saturated heterocycles. The number of rotatable bonds is 7. The van der Waals surface area contributed by atoms with Crippen LogP contribution in [0.1, 0.15) is 42.2 Å². The molecule has 0 saturated carbocycles. The summed E-state index contributed by atoms with van der Waals surface area (Å²) in [5.41, 5.74) is -1.71. The molecule has 36 heavy (non-hydrogen) atoms. The van der Waals surface area contributed by atoms with Crippen LogP contribution < -0.4 is 10.3 Å². The molecule has 0 aliphatic rings. The number of aromatic nitrogens is 4. The minimum absolute atomic E-state index is 0.125. The fourth-order valence-electron chi connectivity index (χ4n) is 3.60. The molecule has 0 bridgehead atoms. The van der Waals surface area contributed by atoms with Gasteiger partial charge < -0.3 is 9.30 Å². The summed E-state index contributed by atoms with van der Waals surface area (Å²) in [5.74, 6) is -1.34. The third-order valence-corrected chi connectivity index (χ3v) is 5.74. The van der Waals surface area contributed by atoms with Crippen LogP contribution in [0.4, 0.5) is 13.2 Å². The Morgan fingerprint density at radius 1 is 1.14 bits per heavy atom. The standard InChI is InChI=1S/C24H19Cl2F3N4O3/c1-2-3-6-20(34)33-22-17(5-4-8-30-22)19(31-33)13-32-9-7-18(24(27,28)29)21(23(32)35)36-16-11-14(25)10-15(26)12-16/h4-5,7-12H,2-3,6,13H2,1H3. The van der Waals surface area contributed by atoms with E-state index < -0.39 is 23.0 Å². The quantitative estimate of drug-likeness (QED) is 0.265. The van der Waals surface area contributed by atoms with E-state index in [2.05, 4.69) is 10.1 Å². The average molecular weight is 539 g/mol. The number of benzene rings is 1. The molecule has 0 amide bonds. The van der Waals surface area contributed by atoms with Crippen LogP contribution in [-0.4, -0.2) is 25.2 Å². The van der Waals surface area contributed by atoms with Crippen LogP contribution in [0.2, 0.25) is 10.0 Å². The molecule has 0 fully saturated rings. The van der Waals surface area contributed by atoms with Gasteiger partial charge in [-0.15, -0.1) is 0 Å². The maximum Gasteiger partial charge on any atom is 0.420 e. The summed E-state index contributed by atoms with van der Waals surface area (Å²) in [6.07, 6.45) is -0.627. The van der Waals surface area contributed by atoms with Gasteiger partial charge in [-0.1, -0.05) is 36.5 Å². The average Bonchev–Trinajstić information content (AvgIpc) is 3.17. The number of nitrogens with zero attached hydrogens (tertiary/aromatic N) is 4. The van der Waals surface area contributed by atoms with Crippen molar-refractivity contribution in [1.29, 1.82) is 0 Å². The van der Waals surface area contributed by atoms with Crippen LogP contribution >= 0.6 is 23.2 Å². The van der Waals surface area contributed by atoms with Crippen molar-refractivity contribution in [2.24, 2.45) is 0 Å². The van der Waals surface area contributed by atoms with Gasteiger partial charge in [-0.05, 0) is 42.8 Å². The topological polar surface area (TPSA) is 79.0 Å². The normalized spacial score (nSPS) is 11.7. The Morgan fingerprint density at radius 3 is 2.53 bits per heavy atom. The van der Waals surface area contributed by atoms with Crippen LogP contribution in [0, 0.1) is 0 Å². The Morgan fingerprint density at radius 2 is 1.86 bits per heavy atom. The fraction of sp³-hybridized carbons (Fsp3) is 0.250. The van der Waals surface area contributed by atoms with Gasteiger partial charge in [0.1, 0.15) is 11.3 Å². The molecule has 4 rings (SSSR count). The molecule has 7 nitrogen and oxygen atoms in total. The number of carbonyl (C=O) groups is 1. The van der Waals surface area contributed by atoms with Gasteiger partial charge in [0.25, 0.3) is 5.56 Å². The first kappa shape index (κ1) is 25.7. The number of fused-ring (bicyclic) bond motifs is 1. The predicted octanol–water partition coefficient (Wildman–Crippen LogP) is 6.59. The van der Waals surface area contributed by atoms with E-state index in [1.54, 1.807) is 12.1 Å². The van der Waals surface area contributed by atoms with Crippen molar-refractivity contribution in [3.8, 4) is 11.5 Å². The summed E-state index contributed by atoms with van der Waals surface area (Å²) in [5, 5.41) is 5.08. The monoisotopic (exact) mass is 538 g/mol. The van der Waals surface area contributed by atoms with E-state index in [-0.39, 0.29) is 34.7 Å². The van der Waals surface area contributed by atoms with Gasteiger partial charge in [0.2, 0.25) is 11.7 Å². The summed E-state index contributed by atoms with van der Waals surface area (Å²) in [7, 11) is 0. The number of carbonyl (C=O) groups excluding carboxylic acids is 1. The summed E-state index contributed by atoms with van der Waals surface area (Å²) in [6, 6.07) is 7.92. The summed E-state index contributed by atoms with van der Waals surface area (Å²) < 4.78 is 48.7. The number of halogens is 5. The number of hydrogen-bond acceptors (Lipinski definition) is 5. The Labute approximate surface area is 213 Å². The van der Waals surface area contributed by atoms with E-state index >= 15 is 0 Å². The Kier molecular flexibility index (Phi) is 7.37. The van der Waals surface area contributed by atoms with Crippen molar-refractivity contribution < 1.29 is 22.7 Å². The van der Waals surface area contributed by atoms with Crippen LogP contribution in [0.25, 0.3) is 11.0 Å². The van der Waals surface area contributed by atoms with Gasteiger partial charge >= 0.3 is 6.18 Å². The van der Waals surface area contributed by atoms with Gasteiger partial charge in [-0.25, -0.2) is 4.98 Å². The minimum atomic E-state index is -4.86. The zero-order valence-corrected chi connectivity index (χ0v) is 20.4. The highest BCUT2D eigenvalue weighted by atomic mass is 35.5. The smallest absolute Gasteiger partial charge is 0.420 e. The van der Waals surface area contributed by atoms with E-state index in [9.17, 15) is 22.8 Å². The molecule has 0 atom stereocenters. The highest BCUT2D eigenvalue weighted by Crippen LogP contribution is 2.37.